The number of nitrogens with zero attached hydrogens (tertiary/aromatic N) is 3. The van der Waals surface area contributed by atoms with E-state index in [1.165, 1.54) is 24.3 Å². The van der Waals surface area contributed by atoms with E-state index in [0.29, 0.717) is 13.1 Å². The molecule has 1 unspecified atom stereocenters. The lowest BCUT2D eigenvalue weighted by molar-refractivity contribution is -0.757. The fourth-order valence-corrected chi connectivity index (χ4v) is 4.29. The van der Waals surface area contributed by atoms with E-state index in [-0.39, 0.29) is 60.2 Å². The second-order valence-electron chi connectivity index (χ2n) is 9.18. The van der Waals surface area contributed by atoms with Crippen LogP contribution >= 0.6 is 0 Å². The number of hydrogen-bond donors (Lipinski definition) is 2. The third kappa shape index (κ3) is 8.50. The van der Waals surface area contributed by atoms with Gasteiger partial charge in [-0.15, -0.1) is 10.1 Å². The zero-order valence-electron chi connectivity index (χ0n) is 22.6. The molecule has 0 bridgehead atoms. The normalized spacial score (nSPS) is 14.9. The number of nitrogens with two attached hydrogens (primary N) is 1. The highest BCUT2D eigenvalue weighted by atomic mass is 16.9. The summed E-state index contributed by atoms with van der Waals surface area (Å²) in [7, 11) is 1.87. The molecular weight excluding hydrogens is 538 g/mol. The number of esters is 2. The van der Waals surface area contributed by atoms with Gasteiger partial charge in [0, 0.05) is 37.3 Å². The Morgan fingerprint density at radius 1 is 0.976 bits per heavy atom. The van der Waals surface area contributed by atoms with Gasteiger partial charge < -0.3 is 25.4 Å². The summed E-state index contributed by atoms with van der Waals surface area (Å²) < 4.78 is 10.8. The quantitative estimate of drug-likeness (QED) is 0.147. The highest BCUT2D eigenvalue weighted by Crippen LogP contribution is 2.39. The molecule has 2 aromatic carbocycles. The van der Waals surface area contributed by atoms with Gasteiger partial charge in [-0.1, -0.05) is 42.5 Å². The number of ether oxygens (including phenoxy) is 2. The molecule has 0 saturated carbocycles. The molecule has 1 heterocycles. The Balaban J connectivity index is 1.81. The molecule has 0 radical (unpaired) electrons. The van der Waals surface area contributed by atoms with Crippen LogP contribution in [-0.4, -0.2) is 60.3 Å². The lowest BCUT2D eigenvalue weighted by Crippen LogP contribution is -2.36. The highest BCUT2D eigenvalue weighted by molar-refractivity contribution is 5.99. The molecule has 2 aromatic rings. The van der Waals surface area contributed by atoms with Crippen molar-refractivity contribution >= 4 is 17.6 Å². The Labute approximate surface area is 235 Å². The van der Waals surface area contributed by atoms with Gasteiger partial charge >= 0.3 is 11.9 Å². The average Bonchev–Trinajstić information content (AvgIpc) is 2.92. The smallest absolute Gasteiger partial charge is 0.338 e. The third-order valence-electron chi connectivity index (χ3n) is 6.17. The first-order chi connectivity index (χ1) is 19.6. The maximum Gasteiger partial charge on any atom is 0.338 e. The number of hydrogen-bond acceptors (Lipinski definition) is 12. The van der Waals surface area contributed by atoms with Crippen molar-refractivity contribution in [3.05, 3.63) is 109 Å². The van der Waals surface area contributed by atoms with E-state index in [0.717, 1.165) is 5.56 Å². The van der Waals surface area contributed by atoms with Gasteiger partial charge in [0.05, 0.1) is 35.2 Å². The second-order valence-corrected chi connectivity index (χ2v) is 9.18. The van der Waals surface area contributed by atoms with Crippen LogP contribution in [0.3, 0.4) is 0 Å². The van der Waals surface area contributed by atoms with Crippen molar-refractivity contribution < 1.29 is 33.9 Å². The molecule has 41 heavy (non-hydrogen) atoms. The van der Waals surface area contributed by atoms with Crippen LogP contribution in [0.2, 0.25) is 0 Å². The van der Waals surface area contributed by atoms with Crippen molar-refractivity contribution in [3.8, 4) is 0 Å². The predicted molar refractivity (Wildman–Crippen MR) is 145 cm³/mol. The minimum Gasteiger partial charge on any atom is -0.462 e. The Morgan fingerprint density at radius 2 is 1.66 bits per heavy atom. The van der Waals surface area contributed by atoms with Crippen molar-refractivity contribution in [2.45, 2.75) is 25.8 Å². The number of nitrogens with one attached hydrogen (secondary N) is 1. The molecule has 14 nitrogen and oxygen atoms in total. The summed E-state index contributed by atoms with van der Waals surface area (Å²) >= 11 is 0. The molecule has 0 spiro atoms. The summed E-state index contributed by atoms with van der Waals surface area (Å²) in [6.45, 7) is 2.10. The number of rotatable bonds is 14. The van der Waals surface area contributed by atoms with Gasteiger partial charge in [-0.25, -0.2) is 9.59 Å². The Bertz CT molecular complexity index is 1340. The summed E-state index contributed by atoms with van der Waals surface area (Å²) in [6.07, 6.45) is 0.0390. The Morgan fingerprint density at radius 3 is 2.34 bits per heavy atom. The van der Waals surface area contributed by atoms with Crippen LogP contribution in [0.5, 0.6) is 0 Å². The number of likely N-dealkylation sites (N-methyl/N-ethyl adjacent to an activating group) is 1. The van der Waals surface area contributed by atoms with E-state index < -0.39 is 27.9 Å². The van der Waals surface area contributed by atoms with Crippen LogP contribution in [-0.2, 0) is 30.4 Å². The van der Waals surface area contributed by atoms with E-state index in [4.69, 9.17) is 15.2 Å². The van der Waals surface area contributed by atoms with Crippen molar-refractivity contribution in [2.75, 3.05) is 33.4 Å². The topological polar surface area (TPSA) is 189 Å². The molecule has 1 atom stereocenters. The molecule has 0 aliphatic carbocycles. The van der Waals surface area contributed by atoms with Gasteiger partial charge in [-0.05, 0) is 25.1 Å². The Hall–Kier alpha value is -4.98. The monoisotopic (exact) mass is 569 g/mol. The van der Waals surface area contributed by atoms with Crippen LogP contribution in [0.1, 0.15) is 30.4 Å². The van der Waals surface area contributed by atoms with Gasteiger partial charge in [0.2, 0.25) is 0 Å². The molecule has 0 amide bonds. The molecule has 0 saturated heterocycles. The van der Waals surface area contributed by atoms with Crippen LogP contribution in [0.4, 0.5) is 5.69 Å². The maximum absolute atomic E-state index is 13.4. The first-order valence-electron chi connectivity index (χ1n) is 12.6. The van der Waals surface area contributed by atoms with Crippen molar-refractivity contribution in [2.24, 2.45) is 5.73 Å². The number of allylic oxidation sites excluding steroid dienone is 1. The van der Waals surface area contributed by atoms with Crippen molar-refractivity contribution in [1.82, 2.24) is 10.2 Å². The van der Waals surface area contributed by atoms with E-state index in [2.05, 4.69) is 10.2 Å². The lowest BCUT2D eigenvalue weighted by Gasteiger charge is -2.30. The summed E-state index contributed by atoms with van der Waals surface area (Å²) in [5.74, 6) is -2.87. The van der Waals surface area contributed by atoms with Gasteiger partial charge in [-0.3, -0.25) is 15.0 Å². The zero-order valence-corrected chi connectivity index (χ0v) is 22.6. The number of nitro groups is 1. The van der Waals surface area contributed by atoms with Gasteiger partial charge in [-0.2, -0.15) is 0 Å². The molecular formula is C27H31N5O9. The molecule has 1 aliphatic rings. The van der Waals surface area contributed by atoms with E-state index in [1.54, 1.807) is 6.92 Å². The van der Waals surface area contributed by atoms with Crippen molar-refractivity contribution in [3.63, 3.8) is 0 Å². The number of carbonyl (C=O) groups excluding carboxylic acids is 2. The van der Waals surface area contributed by atoms with Crippen LogP contribution < -0.4 is 11.1 Å². The van der Waals surface area contributed by atoms with E-state index in [9.17, 15) is 29.8 Å². The number of dihydropyridines is 1. The largest absolute Gasteiger partial charge is 0.462 e. The molecule has 14 heteroatoms. The standard InChI is InChI=1S/C27H31N5O9/c1-18-22(26(33)39-13-7-14-41-32(37)38)23(20-10-6-11-21(16-20)31(35)36)24(25(28)29-18)27(34)40-15-12-30(2)17-19-8-4-3-5-9-19/h3-6,8-11,16,23,29H,7,12-15,17,28H2,1-2H3. The van der Waals surface area contributed by atoms with E-state index in [1.807, 2.05) is 42.3 Å². The molecule has 3 rings (SSSR count). The number of nitro benzene ring substituents is 1. The van der Waals surface area contributed by atoms with Crippen LogP contribution in [0, 0.1) is 20.2 Å². The number of benzene rings is 2. The molecule has 218 valence electrons. The summed E-state index contributed by atoms with van der Waals surface area (Å²) in [5, 5.41) is 23.7. The summed E-state index contributed by atoms with van der Waals surface area (Å²) in [5.41, 5.74) is 7.45. The molecule has 0 fully saturated rings. The van der Waals surface area contributed by atoms with Gasteiger partial charge in [0.1, 0.15) is 12.4 Å². The number of carbonyl (C=O) groups is 2. The molecule has 0 aromatic heterocycles. The average molecular weight is 570 g/mol. The second kappa shape index (κ2) is 14.4. The summed E-state index contributed by atoms with van der Waals surface area (Å²) in [4.78, 5) is 54.0. The molecule has 1 aliphatic heterocycles. The fraction of sp³-hybridized carbons (Fsp3) is 0.333. The van der Waals surface area contributed by atoms with Gasteiger partial charge in [0.25, 0.3) is 10.8 Å². The van der Waals surface area contributed by atoms with Crippen LogP contribution in [0.25, 0.3) is 0 Å². The minimum absolute atomic E-state index is 0.0111. The summed E-state index contributed by atoms with van der Waals surface area (Å²) in [6, 6.07) is 15.2. The zero-order chi connectivity index (χ0) is 29.9. The predicted octanol–water partition coefficient (Wildman–Crippen LogP) is 2.54. The SMILES string of the molecule is CC1=C(C(=O)OCCCO[N+](=O)[O-])C(c2cccc([N+](=O)[O-])c2)C(C(=O)OCCN(C)Cc2ccccc2)=C(N)N1. The van der Waals surface area contributed by atoms with E-state index >= 15 is 0 Å². The van der Waals surface area contributed by atoms with Crippen molar-refractivity contribution in [1.29, 1.82) is 0 Å². The van der Waals surface area contributed by atoms with Gasteiger partial charge in [0.15, 0.2) is 0 Å². The first-order valence-corrected chi connectivity index (χ1v) is 12.6. The Kier molecular flexibility index (Phi) is 10.7. The minimum atomic E-state index is -1.15. The highest BCUT2D eigenvalue weighted by Gasteiger charge is 2.39. The fourth-order valence-electron chi connectivity index (χ4n) is 4.29. The lowest BCUT2D eigenvalue weighted by atomic mass is 9.81. The number of non-ortho nitro benzene ring substituents is 1. The first kappa shape index (κ1) is 30.6. The third-order valence-corrected chi connectivity index (χ3v) is 6.17. The molecule has 3 N–H and O–H groups in total. The van der Waals surface area contributed by atoms with Crippen LogP contribution in [0.15, 0.2) is 77.3 Å². The maximum atomic E-state index is 13.4.